The molecule has 0 aliphatic rings. The third-order valence-electron chi connectivity index (χ3n) is 3.16. The van der Waals surface area contributed by atoms with Crippen molar-refractivity contribution in [3.05, 3.63) is 64.7 Å². The highest BCUT2D eigenvalue weighted by Crippen LogP contribution is 2.35. The lowest BCUT2D eigenvalue weighted by Crippen LogP contribution is -2.18. The van der Waals surface area contributed by atoms with Gasteiger partial charge in [-0.1, -0.05) is 61.8 Å². The molecule has 88 valence electrons. The molecule has 0 radical (unpaired) electrons. The molecule has 2 aromatic rings. The van der Waals surface area contributed by atoms with Gasteiger partial charge in [0.05, 0.1) is 5.02 Å². The van der Waals surface area contributed by atoms with Gasteiger partial charge in [-0.3, -0.25) is 0 Å². The number of rotatable bonds is 2. The fraction of sp³-hybridized carbons (Fsp3) is 0.200. The lowest BCUT2D eigenvalue weighted by atomic mass is 9.78. The second-order valence-electron chi connectivity index (χ2n) is 4.66. The zero-order valence-corrected chi connectivity index (χ0v) is 10.7. The third-order valence-corrected chi connectivity index (χ3v) is 3.47. The van der Waals surface area contributed by atoms with Crippen molar-refractivity contribution in [1.29, 1.82) is 0 Å². The Hall–Kier alpha value is -1.47. The van der Waals surface area contributed by atoms with Crippen LogP contribution in [0.3, 0.4) is 0 Å². The maximum atomic E-state index is 9.45. The molecule has 0 bridgehead atoms. The van der Waals surface area contributed by atoms with E-state index in [9.17, 15) is 5.11 Å². The van der Waals surface area contributed by atoms with E-state index in [4.69, 9.17) is 11.6 Å². The Balaban J connectivity index is 2.48. The topological polar surface area (TPSA) is 20.2 Å². The predicted octanol–water partition coefficient (Wildman–Crippen LogP) is 4.37. The molecule has 1 nitrogen and oxygen atoms in total. The van der Waals surface area contributed by atoms with Gasteiger partial charge in [-0.2, -0.15) is 0 Å². The van der Waals surface area contributed by atoms with Crippen LogP contribution in [-0.2, 0) is 5.41 Å². The van der Waals surface area contributed by atoms with Crippen LogP contribution in [0.4, 0.5) is 0 Å². The fourth-order valence-corrected chi connectivity index (χ4v) is 2.10. The van der Waals surface area contributed by atoms with E-state index in [2.05, 4.69) is 26.0 Å². The van der Waals surface area contributed by atoms with Crippen molar-refractivity contribution >= 4 is 11.6 Å². The van der Waals surface area contributed by atoms with E-state index in [0.717, 1.165) is 5.56 Å². The summed E-state index contributed by atoms with van der Waals surface area (Å²) in [6, 6.07) is 15.6. The second-order valence-corrected chi connectivity index (χ2v) is 5.06. The Labute approximate surface area is 107 Å². The van der Waals surface area contributed by atoms with Crippen LogP contribution in [0.2, 0.25) is 5.02 Å². The minimum atomic E-state index is -0.126. The first-order chi connectivity index (χ1) is 8.01. The maximum Gasteiger partial charge on any atom is 0.134 e. The van der Waals surface area contributed by atoms with Crippen molar-refractivity contribution in [2.45, 2.75) is 19.3 Å². The number of phenols is 1. The van der Waals surface area contributed by atoms with Gasteiger partial charge in [0.1, 0.15) is 5.75 Å². The fourth-order valence-electron chi connectivity index (χ4n) is 1.92. The SMILES string of the molecule is CC(C)(c1ccccc1)c1ccc(O)c(Cl)c1. The van der Waals surface area contributed by atoms with Gasteiger partial charge in [0.25, 0.3) is 0 Å². The standard InChI is InChI=1S/C15H15ClO/c1-15(2,11-6-4-3-5-7-11)12-8-9-14(17)13(16)10-12/h3-10,17H,1-2H3. The zero-order valence-electron chi connectivity index (χ0n) is 9.94. The average molecular weight is 247 g/mol. The van der Waals surface area contributed by atoms with Gasteiger partial charge in [-0.15, -0.1) is 0 Å². The highest BCUT2D eigenvalue weighted by atomic mass is 35.5. The van der Waals surface area contributed by atoms with E-state index in [0.29, 0.717) is 5.02 Å². The lowest BCUT2D eigenvalue weighted by Gasteiger charge is -2.26. The molecular formula is C15H15ClO. The third kappa shape index (κ3) is 2.29. The summed E-state index contributed by atoms with van der Waals surface area (Å²) in [5.41, 5.74) is 2.19. The van der Waals surface area contributed by atoms with Gasteiger partial charge >= 0.3 is 0 Å². The zero-order chi connectivity index (χ0) is 12.5. The largest absolute Gasteiger partial charge is 0.506 e. The molecule has 0 fully saturated rings. The molecule has 1 N–H and O–H groups in total. The van der Waals surface area contributed by atoms with E-state index < -0.39 is 0 Å². The Kier molecular flexibility index (Phi) is 3.12. The number of hydrogen-bond acceptors (Lipinski definition) is 1. The van der Waals surface area contributed by atoms with Crippen molar-refractivity contribution in [2.24, 2.45) is 0 Å². The summed E-state index contributed by atoms with van der Waals surface area (Å²) in [6.45, 7) is 4.29. The van der Waals surface area contributed by atoms with Crippen LogP contribution in [0.15, 0.2) is 48.5 Å². The van der Waals surface area contributed by atoms with E-state index in [-0.39, 0.29) is 11.2 Å². The normalized spacial score (nSPS) is 11.5. The first-order valence-electron chi connectivity index (χ1n) is 5.56. The lowest BCUT2D eigenvalue weighted by molar-refractivity contribution is 0.474. The van der Waals surface area contributed by atoms with Crippen LogP contribution in [0.5, 0.6) is 5.75 Å². The number of halogens is 1. The summed E-state index contributed by atoms with van der Waals surface area (Å²) < 4.78 is 0. The van der Waals surface area contributed by atoms with Crippen LogP contribution < -0.4 is 0 Å². The molecule has 2 heteroatoms. The highest BCUT2D eigenvalue weighted by Gasteiger charge is 2.23. The van der Waals surface area contributed by atoms with Crippen LogP contribution in [0, 0.1) is 0 Å². The number of phenolic OH excluding ortho intramolecular Hbond substituents is 1. The molecule has 0 saturated heterocycles. The molecule has 0 amide bonds. The Morgan fingerprint density at radius 2 is 1.59 bits per heavy atom. The van der Waals surface area contributed by atoms with Crippen molar-refractivity contribution < 1.29 is 5.11 Å². The Bertz CT molecular complexity index is 518. The van der Waals surface area contributed by atoms with Crippen LogP contribution in [0.25, 0.3) is 0 Å². The summed E-state index contributed by atoms with van der Waals surface area (Å²) in [5.74, 6) is 0.124. The van der Waals surface area contributed by atoms with Crippen molar-refractivity contribution in [1.82, 2.24) is 0 Å². The maximum absolute atomic E-state index is 9.45. The number of aromatic hydroxyl groups is 1. The summed E-state index contributed by atoms with van der Waals surface area (Å²) in [7, 11) is 0. The van der Waals surface area contributed by atoms with E-state index in [1.54, 1.807) is 6.07 Å². The van der Waals surface area contributed by atoms with Gasteiger partial charge in [0.15, 0.2) is 0 Å². The molecule has 0 heterocycles. The van der Waals surface area contributed by atoms with E-state index in [1.165, 1.54) is 5.56 Å². The molecule has 17 heavy (non-hydrogen) atoms. The smallest absolute Gasteiger partial charge is 0.134 e. The Morgan fingerprint density at radius 3 is 2.18 bits per heavy atom. The molecule has 0 aliphatic carbocycles. The molecule has 2 aromatic carbocycles. The predicted molar refractivity (Wildman–Crippen MR) is 71.7 cm³/mol. The Morgan fingerprint density at radius 1 is 0.941 bits per heavy atom. The molecule has 0 spiro atoms. The highest BCUT2D eigenvalue weighted by molar-refractivity contribution is 6.32. The molecule has 2 rings (SSSR count). The monoisotopic (exact) mass is 246 g/mol. The summed E-state index contributed by atoms with van der Waals surface area (Å²) in [6.07, 6.45) is 0. The summed E-state index contributed by atoms with van der Waals surface area (Å²) in [4.78, 5) is 0. The minimum Gasteiger partial charge on any atom is -0.506 e. The van der Waals surface area contributed by atoms with Gasteiger partial charge in [0, 0.05) is 5.41 Å². The second kappa shape index (κ2) is 4.42. The van der Waals surface area contributed by atoms with Gasteiger partial charge in [-0.25, -0.2) is 0 Å². The van der Waals surface area contributed by atoms with Gasteiger partial charge in [0.2, 0.25) is 0 Å². The first-order valence-corrected chi connectivity index (χ1v) is 5.94. The van der Waals surface area contributed by atoms with Crippen molar-refractivity contribution in [2.75, 3.05) is 0 Å². The van der Waals surface area contributed by atoms with Crippen molar-refractivity contribution in [3.8, 4) is 5.75 Å². The molecule has 0 unspecified atom stereocenters. The summed E-state index contributed by atoms with van der Waals surface area (Å²) >= 11 is 5.96. The molecule has 0 atom stereocenters. The van der Waals surface area contributed by atoms with E-state index in [1.807, 2.05) is 30.3 Å². The molecular weight excluding hydrogens is 232 g/mol. The van der Waals surface area contributed by atoms with Crippen LogP contribution in [0.1, 0.15) is 25.0 Å². The van der Waals surface area contributed by atoms with Crippen LogP contribution in [-0.4, -0.2) is 5.11 Å². The molecule has 0 saturated carbocycles. The summed E-state index contributed by atoms with van der Waals surface area (Å²) in [5, 5.41) is 9.84. The minimum absolute atomic E-state index is 0.124. The quantitative estimate of drug-likeness (QED) is 0.834. The number of benzene rings is 2. The van der Waals surface area contributed by atoms with E-state index >= 15 is 0 Å². The van der Waals surface area contributed by atoms with Crippen molar-refractivity contribution in [3.63, 3.8) is 0 Å². The number of hydrogen-bond donors (Lipinski definition) is 1. The van der Waals surface area contributed by atoms with Gasteiger partial charge < -0.3 is 5.11 Å². The van der Waals surface area contributed by atoms with Gasteiger partial charge in [-0.05, 0) is 23.3 Å². The molecule has 0 aromatic heterocycles. The van der Waals surface area contributed by atoms with Crippen LogP contribution >= 0.6 is 11.6 Å². The molecule has 0 aliphatic heterocycles. The first kappa shape index (κ1) is 12.0. The average Bonchev–Trinajstić information content (AvgIpc) is 2.33.